The number of anilines is 1. The number of carbonyl (C=O) groups is 1. The molecule has 4 rings (SSSR count). The van der Waals surface area contributed by atoms with Crippen molar-refractivity contribution in [2.24, 2.45) is 5.92 Å². The van der Waals surface area contributed by atoms with E-state index in [-0.39, 0.29) is 42.5 Å². The summed E-state index contributed by atoms with van der Waals surface area (Å²) in [5.41, 5.74) is 0.251. The Morgan fingerprint density at radius 2 is 1.78 bits per heavy atom. The topological polar surface area (TPSA) is 92.7 Å². The zero-order valence-electron chi connectivity index (χ0n) is 17.1. The molecule has 2 aliphatic rings. The monoisotopic (exact) mass is 470 g/mol. The van der Waals surface area contributed by atoms with Crippen LogP contribution in [0.3, 0.4) is 0 Å². The maximum atomic E-state index is 15.0. The maximum absolute atomic E-state index is 15.0. The average Bonchev–Trinajstić information content (AvgIpc) is 3.22. The Hall–Kier alpha value is -2.73. The molecule has 0 N–H and O–H groups in total. The average molecular weight is 470 g/mol. The number of sulfone groups is 1. The van der Waals surface area contributed by atoms with Crippen molar-refractivity contribution in [2.45, 2.75) is 30.0 Å². The molecule has 2 saturated heterocycles. The summed E-state index contributed by atoms with van der Waals surface area (Å²) in [7, 11) is -3.45. The molecule has 0 unspecified atom stereocenters. The van der Waals surface area contributed by atoms with Crippen molar-refractivity contribution in [3.8, 4) is 0 Å². The second-order valence-electron chi connectivity index (χ2n) is 7.85. The number of hydrogen-bond donors (Lipinski definition) is 0. The standard InChI is InChI=1S/C20H21F3N4O4S/c1-32(29,30)15-9-24-20(25-10-15)26-4-2-16(17(23)11-26)19(28)27-18(3-5-31-27)12-6-13(21)8-14(22)7-12/h6-10,16-18H,2-5,11H2,1H3/t16-,17+,18+/m0/s1. The van der Waals surface area contributed by atoms with Crippen molar-refractivity contribution in [3.05, 3.63) is 47.8 Å². The molecule has 0 bridgehead atoms. The lowest BCUT2D eigenvalue weighted by atomic mass is 9.93. The fourth-order valence-electron chi connectivity index (χ4n) is 3.95. The van der Waals surface area contributed by atoms with E-state index in [1.165, 1.54) is 4.90 Å². The van der Waals surface area contributed by atoms with Crippen molar-refractivity contribution in [1.82, 2.24) is 15.0 Å². The van der Waals surface area contributed by atoms with Crippen LogP contribution < -0.4 is 4.90 Å². The summed E-state index contributed by atoms with van der Waals surface area (Å²) in [6.07, 6.45) is 2.26. The number of halogens is 3. The van der Waals surface area contributed by atoms with E-state index in [4.69, 9.17) is 4.84 Å². The van der Waals surface area contributed by atoms with Crippen molar-refractivity contribution < 1.29 is 31.2 Å². The minimum absolute atomic E-state index is 0.0471. The van der Waals surface area contributed by atoms with E-state index >= 15 is 0 Å². The molecule has 2 fully saturated rings. The van der Waals surface area contributed by atoms with Gasteiger partial charge in [0.1, 0.15) is 22.7 Å². The lowest BCUT2D eigenvalue weighted by molar-refractivity contribution is -0.184. The van der Waals surface area contributed by atoms with Gasteiger partial charge < -0.3 is 4.90 Å². The SMILES string of the molecule is CS(=O)(=O)c1cnc(N2CC[C@H](C(=O)N3OCC[C@@H]3c3cc(F)cc(F)c3)[C@H](F)C2)nc1. The molecule has 2 aromatic rings. The summed E-state index contributed by atoms with van der Waals surface area (Å²) in [5, 5.41) is 1.03. The van der Waals surface area contributed by atoms with Gasteiger partial charge in [-0.25, -0.2) is 36.6 Å². The molecular weight excluding hydrogens is 449 g/mol. The highest BCUT2D eigenvalue weighted by Crippen LogP contribution is 2.35. The van der Waals surface area contributed by atoms with Crippen molar-refractivity contribution in [2.75, 3.05) is 30.9 Å². The summed E-state index contributed by atoms with van der Waals surface area (Å²) in [4.78, 5) is 27.9. The molecule has 32 heavy (non-hydrogen) atoms. The summed E-state index contributed by atoms with van der Waals surface area (Å²) in [6, 6.07) is 2.30. The first-order chi connectivity index (χ1) is 15.1. The van der Waals surface area contributed by atoms with Gasteiger partial charge in [0.2, 0.25) is 5.95 Å². The third-order valence-electron chi connectivity index (χ3n) is 5.58. The molecule has 12 heteroatoms. The van der Waals surface area contributed by atoms with Gasteiger partial charge >= 0.3 is 0 Å². The Morgan fingerprint density at radius 3 is 2.38 bits per heavy atom. The van der Waals surface area contributed by atoms with E-state index in [1.54, 1.807) is 0 Å². The Morgan fingerprint density at radius 1 is 1.12 bits per heavy atom. The highest BCUT2D eigenvalue weighted by molar-refractivity contribution is 7.90. The van der Waals surface area contributed by atoms with Crippen molar-refractivity contribution in [3.63, 3.8) is 0 Å². The molecule has 172 valence electrons. The number of hydrogen-bond acceptors (Lipinski definition) is 7. The first kappa shape index (κ1) is 22.5. The van der Waals surface area contributed by atoms with Crippen LogP contribution in [0.5, 0.6) is 0 Å². The van der Waals surface area contributed by atoms with Crippen LogP contribution in [0.1, 0.15) is 24.4 Å². The third kappa shape index (κ3) is 4.56. The van der Waals surface area contributed by atoms with Gasteiger partial charge in [-0.1, -0.05) is 0 Å². The van der Waals surface area contributed by atoms with E-state index in [1.807, 2.05) is 0 Å². The van der Waals surface area contributed by atoms with Crippen LogP contribution in [0.2, 0.25) is 0 Å². The minimum Gasteiger partial charge on any atom is -0.338 e. The molecule has 1 aromatic carbocycles. The third-order valence-corrected chi connectivity index (χ3v) is 6.64. The summed E-state index contributed by atoms with van der Waals surface area (Å²) < 4.78 is 65.3. The highest BCUT2D eigenvalue weighted by Gasteiger charge is 2.42. The van der Waals surface area contributed by atoms with Crippen LogP contribution in [-0.2, 0) is 19.5 Å². The fourth-order valence-corrected chi connectivity index (χ4v) is 4.44. The Balaban J connectivity index is 1.45. The Bertz CT molecular complexity index is 1100. The number of benzene rings is 1. The number of piperidine rings is 1. The van der Waals surface area contributed by atoms with Crippen LogP contribution in [0, 0.1) is 17.6 Å². The lowest BCUT2D eigenvalue weighted by Crippen LogP contribution is -2.49. The number of alkyl halides is 1. The predicted molar refractivity (Wildman–Crippen MR) is 107 cm³/mol. The Labute approximate surface area is 182 Å². The van der Waals surface area contributed by atoms with Gasteiger partial charge in [-0.2, -0.15) is 0 Å². The lowest BCUT2D eigenvalue weighted by Gasteiger charge is -2.36. The summed E-state index contributed by atoms with van der Waals surface area (Å²) in [5.74, 6) is -2.95. The Kier molecular flexibility index (Phi) is 6.08. The van der Waals surface area contributed by atoms with Gasteiger partial charge in [0, 0.05) is 25.3 Å². The molecule has 3 heterocycles. The van der Waals surface area contributed by atoms with Crippen LogP contribution in [0.25, 0.3) is 0 Å². The molecule has 8 nitrogen and oxygen atoms in total. The van der Waals surface area contributed by atoms with E-state index in [0.717, 1.165) is 41.9 Å². The molecule has 0 radical (unpaired) electrons. The molecule has 0 aliphatic carbocycles. The van der Waals surface area contributed by atoms with E-state index in [2.05, 4.69) is 9.97 Å². The number of hydroxylamine groups is 2. The van der Waals surface area contributed by atoms with Gasteiger partial charge in [-0.3, -0.25) is 9.63 Å². The van der Waals surface area contributed by atoms with Crippen molar-refractivity contribution in [1.29, 1.82) is 0 Å². The minimum atomic E-state index is -3.45. The number of amides is 1. The van der Waals surface area contributed by atoms with Crippen LogP contribution in [0.4, 0.5) is 19.1 Å². The van der Waals surface area contributed by atoms with Gasteiger partial charge in [0.15, 0.2) is 9.84 Å². The summed E-state index contributed by atoms with van der Waals surface area (Å²) in [6.45, 7) is 0.273. The molecule has 0 saturated carbocycles. The number of nitrogens with zero attached hydrogens (tertiary/aromatic N) is 4. The maximum Gasteiger partial charge on any atom is 0.252 e. The number of rotatable bonds is 4. The quantitative estimate of drug-likeness (QED) is 0.677. The first-order valence-corrected chi connectivity index (χ1v) is 11.9. The molecule has 2 aliphatic heterocycles. The molecule has 3 atom stereocenters. The molecule has 1 amide bonds. The largest absolute Gasteiger partial charge is 0.338 e. The normalized spacial score (nSPS) is 24.1. The van der Waals surface area contributed by atoms with E-state index in [9.17, 15) is 26.4 Å². The smallest absolute Gasteiger partial charge is 0.252 e. The zero-order valence-corrected chi connectivity index (χ0v) is 17.9. The van der Waals surface area contributed by atoms with Crippen LogP contribution in [-0.4, -0.2) is 61.5 Å². The molecule has 1 aromatic heterocycles. The van der Waals surface area contributed by atoms with Gasteiger partial charge in [0.25, 0.3) is 5.91 Å². The number of carbonyl (C=O) groups excluding carboxylic acids is 1. The summed E-state index contributed by atoms with van der Waals surface area (Å²) >= 11 is 0. The van der Waals surface area contributed by atoms with Crippen LogP contribution in [0.15, 0.2) is 35.5 Å². The van der Waals surface area contributed by atoms with Gasteiger partial charge in [0.05, 0.1) is 37.5 Å². The number of aromatic nitrogens is 2. The van der Waals surface area contributed by atoms with Gasteiger partial charge in [-0.15, -0.1) is 0 Å². The fraction of sp³-hybridized carbons (Fsp3) is 0.450. The molecular formula is C20H21F3N4O4S. The van der Waals surface area contributed by atoms with Crippen LogP contribution >= 0.6 is 0 Å². The van der Waals surface area contributed by atoms with E-state index in [0.29, 0.717) is 6.42 Å². The molecule has 0 spiro atoms. The predicted octanol–water partition coefficient (Wildman–Crippen LogP) is 2.23. The second-order valence-corrected chi connectivity index (χ2v) is 9.87. The van der Waals surface area contributed by atoms with E-state index < -0.39 is 45.5 Å². The second kappa shape index (κ2) is 8.66. The first-order valence-electron chi connectivity index (χ1n) is 9.96. The zero-order chi connectivity index (χ0) is 23.0. The van der Waals surface area contributed by atoms with Crippen molar-refractivity contribution >= 4 is 21.7 Å². The highest BCUT2D eigenvalue weighted by atomic mass is 32.2. The van der Waals surface area contributed by atoms with Gasteiger partial charge in [-0.05, 0) is 24.1 Å².